The molecule has 0 fully saturated rings. The Balaban J connectivity index is 2.45. The molecule has 1 nitrogen and oxygen atoms in total. The Bertz CT molecular complexity index is 147. The molecule has 0 radical (unpaired) electrons. The van der Waals surface area contributed by atoms with Crippen molar-refractivity contribution in [3.8, 4) is 0 Å². The highest BCUT2D eigenvalue weighted by atomic mass is 16.5. The monoisotopic (exact) mass is 138 g/mol. The first-order chi connectivity index (χ1) is 4.88. The van der Waals surface area contributed by atoms with Crippen LogP contribution in [0.3, 0.4) is 0 Å². The van der Waals surface area contributed by atoms with Gasteiger partial charge in [0, 0.05) is 0 Å². The molecule has 0 spiro atoms. The number of rotatable bonds is 3. The first kappa shape index (κ1) is 7.55. The highest BCUT2D eigenvalue weighted by Gasteiger charge is 2.15. The fourth-order valence-corrected chi connectivity index (χ4v) is 1.22. The van der Waals surface area contributed by atoms with Crippen LogP contribution in [-0.4, -0.2) is 12.7 Å². The lowest BCUT2D eigenvalue weighted by molar-refractivity contribution is 0.116. The zero-order chi connectivity index (χ0) is 7.40. The Labute approximate surface area is 62.4 Å². The Morgan fingerprint density at radius 1 is 1.90 bits per heavy atom. The minimum absolute atomic E-state index is 0.336. The minimum Gasteiger partial charge on any atom is -0.369 e. The van der Waals surface area contributed by atoms with Crippen LogP contribution in [0.15, 0.2) is 24.3 Å². The number of hydrogen-bond donors (Lipinski definition) is 0. The van der Waals surface area contributed by atoms with Gasteiger partial charge >= 0.3 is 0 Å². The number of hydrogen-bond acceptors (Lipinski definition) is 1. The molecule has 1 atom stereocenters. The van der Waals surface area contributed by atoms with Crippen LogP contribution in [0.4, 0.5) is 0 Å². The lowest BCUT2D eigenvalue weighted by Gasteiger charge is -2.09. The quantitative estimate of drug-likeness (QED) is 0.581. The van der Waals surface area contributed by atoms with Gasteiger partial charge in [0.05, 0.1) is 12.7 Å². The Hall–Kier alpha value is -0.560. The largest absolute Gasteiger partial charge is 0.369 e. The maximum Gasteiger partial charge on any atom is 0.0826 e. The van der Waals surface area contributed by atoms with Gasteiger partial charge in [0.1, 0.15) is 0 Å². The minimum atomic E-state index is 0.336. The SMILES string of the molecule is C=CC1=CCOC1CCC. The molecule has 1 unspecified atom stereocenters. The van der Waals surface area contributed by atoms with E-state index in [1.54, 1.807) is 0 Å². The summed E-state index contributed by atoms with van der Waals surface area (Å²) >= 11 is 0. The van der Waals surface area contributed by atoms with E-state index in [1.807, 2.05) is 6.08 Å². The van der Waals surface area contributed by atoms with Gasteiger partial charge < -0.3 is 4.74 Å². The summed E-state index contributed by atoms with van der Waals surface area (Å²) < 4.78 is 5.43. The molecule has 1 aliphatic heterocycles. The average molecular weight is 138 g/mol. The van der Waals surface area contributed by atoms with Crippen LogP contribution in [0.1, 0.15) is 19.8 Å². The zero-order valence-electron chi connectivity index (χ0n) is 6.47. The van der Waals surface area contributed by atoms with Gasteiger partial charge in [-0.2, -0.15) is 0 Å². The van der Waals surface area contributed by atoms with E-state index < -0.39 is 0 Å². The van der Waals surface area contributed by atoms with Crippen LogP contribution in [0, 0.1) is 0 Å². The van der Waals surface area contributed by atoms with Gasteiger partial charge in [-0.05, 0) is 12.0 Å². The van der Waals surface area contributed by atoms with Crippen molar-refractivity contribution < 1.29 is 4.74 Å². The molecule has 0 amide bonds. The van der Waals surface area contributed by atoms with Crippen molar-refractivity contribution in [3.63, 3.8) is 0 Å². The maximum absolute atomic E-state index is 5.43. The van der Waals surface area contributed by atoms with Gasteiger partial charge in [0.2, 0.25) is 0 Å². The highest BCUT2D eigenvalue weighted by molar-refractivity contribution is 5.24. The third kappa shape index (κ3) is 1.48. The fourth-order valence-electron chi connectivity index (χ4n) is 1.22. The second kappa shape index (κ2) is 3.57. The number of ether oxygens (including phenoxy) is 1. The van der Waals surface area contributed by atoms with Crippen LogP contribution >= 0.6 is 0 Å². The van der Waals surface area contributed by atoms with Gasteiger partial charge in [-0.1, -0.05) is 32.1 Å². The Morgan fingerprint density at radius 2 is 2.70 bits per heavy atom. The summed E-state index contributed by atoms with van der Waals surface area (Å²) in [5, 5.41) is 0. The molecule has 0 N–H and O–H groups in total. The summed E-state index contributed by atoms with van der Waals surface area (Å²) in [4.78, 5) is 0. The fraction of sp³-hybridized carbons (Fsp3) is 0.556. The summed E-state index contributed by atoms with van der Waals surface area (Å²) in [6, 6.07) is 0. The van der Waals surface area contributed by atoms with Gasteiger partial charge in [-0.3, -0.25) is 0 Å². The molecule has 1 heteroatoms. The van der Waals surface area contributed by atoms with Gasteiger partial charge in [-0.15, -0.1) is 0 Å². The summed E-state index contributed by atoms with van der Waals surface area (Å²) in [5.41, 5.74) is 1.27. The molecular formula is C9H14O. The molecule has 56 valence electrons. The van der Waals surface area contributed by atoms with Crippen molar-refractivity contribution in [3.05, 3.63) is 24.3 Å². The van der Waals surface area contributed by atoms with E-state index in [0.717, 1.165) is 13.0 Å². The standard InChI is InChI=1S/C9H14O/c1-3-5-9-8(4-2)6-7-10-9/h4,6,9H,2-3,5,7H2,1H3. The van der Waals surface area contributed by atoms with Crippen molar-refractivity contribution >= 4 is 0 Å². The molecule has 0 aromatic heterocycles. The zero-order valence-corrected chi connectivity index (χ0v) is 6.47. The van der Waals surface area contributed by atoms with Crippen LogP contribution < -0.4 is 0 Å². The van der Waals surface area contributed by atoms with E-state index in [4.69, 9.17) is 4.74 Å². The van der Waals surface area contributed by atoms with E-state index in [-0.39, 0.29) is 0 Å². The average Bonchev–Trinajstić information content (AvgIpc) is 2.36. The van der Waals surface area contributed by atoms with Gasteiger partial charge in [0.15, 0.2) is 0 Å². The van der Waals surface area contributed by atoms with E-state index >= 15 is 0 Å². The Morgan fingerprint density at radius 3 is 3.30 bits per heavy atom. The molecule has 1 heterocycles. The predicted molar refractivity (Wildman–Crippen MR) is 42.9 cm³/mol. The molecule has 1 rings (SSSR count). The van der Waals surface area contributed by atoms with Crippen LogP contribution in [-0.2, 0) is 4.74 Å². The summed E-state index contributed by atoms with van der Waals surface area (Å²) in [5.74, 6) is 0. The van der Waals surface area contributed by atoms with Gasteiger partial charge in [-0.25, -0.2) is 0 Å². The van der Waals surface area contributed by atoms with E-state index in [9.17, 15) is 0 Å². The Kier molecular flexibility index (Phi) is 2.69. The lowest BCUT2D eigenvalue weighted by Crippen LogP contribution is -2.07. The molecule has 0 bridgehead atoms. The van der Waals surface area contributed by atoms with E-state index in [1.165, 1.54) is 12.0 Å². The molecule has 0 aliphatic carbocycles. The normalized spacial score (nSPS) is 24.5. The summed E-state index contributed by atoms with van der Waals surface area (Å²) in [6.07, 6.45) is 6.64. The highest BCUT2D eigenvalue weighted by Crippen LogP contribution is 2.19. The van der Waals surface area contributed by atoms with Crippen LogP contribution in [0.5, 0.6) is 0 Å². The van der Waals surface area contributed by atoms with Crippen molar-refractivity contribution in [1.82, 2.24) is 0 Å². The second-order valence-electron chi connectivity index (χ2n) is 2.52. The van der Waals surface area contributed by atoms with Crippen molar-refractivity contribution in [2.45, 2.75) is 25.9 Å². The molecule has 0 aromatic rings. The van der Waals surface area contributed by atoms with Gasteiger partial charge in [0.25, 0.3) is 0 Å². The smallest absolute Gasteiger partial charge is 0.0826 e. The lowest BCUT2D eigenvalue weighted by atomic mass is 10.1. The van der Waals surface area contributed by atoms with E-state index in [0.29, 0.717) is 6.10 Å². The third-order valence-corrected chi connectivity index (χ3v) is 1.77. The van der Waals surface area contributed by atoms with E-state index in [2.05, 4.69) is 19.6 Å². The first-order valence-corrected chi connectivity index (χ1v) is 3.82. The molecule has 0 saturated carbocycles. The second-order valence-corrected chi connectivity index (χ2v) is 2.52. The summed E-state index contributed by atoms with van der Waals surface area (Å²) in [6.45, 7) is 6.67. The summed E-state index contributed by atoms with van der Waals surface area (Å²) in [7, 11) is 0. The molecule has 10 heavy (non-hydrogen) atoms. The molecular weight excluding hydrogens is 124 g/mol. The van der Waals surface area contributed by atoms with Crippen molar-refractivity contribution in [2.24, 2.45) is 0 Å². The predicted octanol–water partition coefficient (Wildman–Crippen LogP) is 2.30. The molecule has 0 saturated heterocycles. The molecule has 0 aromatic carbocycles. The maximum atomic E-state index is 5.43. The third-order valence-electron chi connectivity index (χ3n) is 1.77. The van der Waals surface area contributed by atoms with Crippen LogP contribution in [0.25, 0.3) is 0 Å². The van der Waals surface area contributed by atoms with Crippen LogP contribution in [0.2, 0.25) is 0 Å². The van der Waals surface area contributed by atoms with Crippen molar-refractivity contribution in [1.29, 1.82) is 0 Å². The topological polar surface area (TPSA) is 9.23 Å². The van der Waals surface area contributed by atoms with Crippen molar-refractivity contribution in [2.75, 3.05) is 6.61 Å². The first-order valence-electron chi connectivity index (χ1n) is 3.82. The molecule has 1 aliphatic rings.